The van der Waals surface area contributed by atoms with Crippen molar-refractivity contribution in [1.29, 1.82) is 0 Å². The number of aryl methyl sites for hydroxylation is 1. The minimum atomic E-state index is 0.0205. The van der Waals surface area contributed by atoms with Gasteiger partial charge in [-0.1, -0.05) is 6.07 Å². The van der Waals surface area contributed by atoms with Crippen molar-refractivity contribution in [3.8, 4) is 0 Å². The van der Waals surface area contributed by atoms with E-state index in [0.29, 0.717) is 17.9 Å². The number of carbonyl (C=O) groups excluding carboxylic acids is 1. The number of pyridine rings is 2. The van der Waals surface area contributed by atoms with E-state index in [0.717, 1.165) is 11.4 Å². The Labute approximate surface area is 113 Å². The second kappa shape index (κ2) is 5.61. The number of hydrogen-bond donors (Lipinski definition) is 0. The number of ketones is 1. The van der Waals surface area contributed by atoms with E-state index in [-0.39, 0.29) is 5.78 Å². The third-order valence-corrected chi connectivity index (χ3v) is 2.87. The second-order valence-electron chi connectivity index (χ2n) is 4.56. The van der Waals surface area contributed by atoms with Crippen molar-refractivity contribution in [3.05, 3.63) is 53.5 Å². The van der Waals surface area contributed by atoms with Crippen LogP contribution < -0.4 is 4.90 Å². The highest BCUT2D eigenvalue weighted by Crippen LogP contribution is 2.18. The summed E-state index contributed by atoms with van der Waals surface area (Å²) in [7, 11) is 1.92. The van der Waals surface area contributed by atoms with Crippen LogP contribution in [0, 0.1) is 6.92 Å². The largest absolute Gasteiger partial charge is 0.353 e. The van der Waals surface area contributed by atoms with Crippen LogP contribution in [-0.4, -0.2) is 22.8 Å². The lowest BCUT2D eigenvalue weighted by Crippen LogP contribution is -2.21. The first-order chi connectivity index (χ1) is 9.08. The molecule has 19 heavy (non-hydrogen) atoms. The van der Waals surface area contributed by atoms with Crippen molar-refractivity contribution in [2.75, 3.05) is 11.9 Å². The molecule has 2 heterocycles. The number of anilines is 1. The quantitative estimate of drug-likeness (QED) is 0.788. The summed E-state index contributed by atoms with van der Waals surface area (Å²) in [5, 5.41) is 0. The molecule has 0 aliphatic heterocycles. The summed E-state index contributed by atoms with van der Waals surface area (Å²) >= 11 is 0. The first-order valence-corrected chi connectivity index (χ1v) is 6.17. The van der Waals surface area contributed by atoms with Gasteiger partial charge in [0.15, 0.2) is 5.78 Å². The van der Waals surface area contributed by atoms with Gasteiger partial charge in [0.2, 0.25) is 0 Å². The summed E-state index contributed by atoms with van der Waals surface area (Å²) in [6, 6.07) is 9.49. The van der Waals surface area contributed by atoms with Crippen molar-refractivity contribution in [1.82, 2.24) is 9.97 Å². The monoisotopic (exact) mass is 255 g/mol. The van der Waals surface area contributed by atoms with Crippen molar-refractivity contribution in [3.63, 3.8) is 0 Å². The summed E-state index contributed by atoms with van der Waals surface area (Å²) in [4.78, 5) is 22.3. The zero-order chi connectivity index (χ0) is 13.8. The molecule has 0 aliphatic rings. The molecule has 0 spiro atoms. The Morgan fingerprint density at radius 1 is 1.26 bits per heavy atom. The molecule has 0 fully saturated rings. The maximum atomic E-state index is 11.6. The van der Waals surface area contributed by atoms with Crippen LogP contribution in [-0.2, 0) is 6.54 Å². The molecule has 4 heteroatoms. The number of Topliss-reactive ketones (excluding diaryl/α,β-unsaturated/α-hetero) is 1. The first-order valence-electron chi connectivity index (χ1n) is 6.17. The average molecular weight is 255 g/mol. The van der Waals surface area contributed by atoms with E-state index in [1.54, 1.807) is 25.3 Å². The zero-order valence-corrected chi connectivity index (χ0v) is 11.4. The molecule has 4 nitrogen and oxygen atoms in total. The fraction of sp³-hybridized carbons (Fsp3) is 0.267. The van der Waals surface area contributed by atoms with Crippen LogP contribution in [0.5, 0.6) is 0 Å². The van der Waals surface area contributed by atoms with Crippen molar-refractivity contribution in [2.45, 2.75) is 20.4 Å². The third-order valence-electron chi connectivity index (χ3n) is 2.87. The van der Waals surface area contributed by atoms with Gasteiger partial charge in [-0.05, 0) is 38.1 Å². The molecular weight excluding hydrogens is 238 g/mol. The van der Waals surface area contributed by atoms with Crippen LogP contribution in [0.25, 0.3) is 0 Å². The van der Waals surface area contributed by atoms with Gasteiger partial charge in [-0.2, -0.15) is 0 Å². The van der Waals surface area contributed by atoms with Gasteiger partial charge in [0.25, 0.3) is 0 Å². The lowest BCUT2D eigenvalue weighted by atomic mass is 10.2. The molecule has 0 aliphatic carbocycles. The predicted octanol–water partition coefficient (Wildman–Crippen LogP) is 2.62. The summed E-state index contributed by atoms with van der Waals surface area (Å²) in [6.07, 6.45) is 1.70. The van der Waals surface area contributed by atoms with E-state index in [9.17, 15) is 4.79 Å². The Morgan fingerprint density at radius 2 is 2.05 bits per heavy atom. The molecule has 2 rings (SSSR count). The van der Waals surface area contributed by atoms with Crippen molar-refractivity contribution >= 4 is 11.6 Å². The van der Waals surface area contributed by atoms with Crippen LogP contribution in [0.1, 0.15) is 28.7 Å². The van der Waals surface area contributed by atoms with Crippen LogP contribution in [0.2, 0.25) is 0 Å². The highest BCUT2D eigenvalue weighted by atomic mass is 16.1. The highest BCUT2D eigenvalue weighted by Gasteiger charge is 2.12. The molecule has 98 valence electrons. The van der Waals surface area contributed by atoms with E-state index in [2.05, 4.69) is 9.97 Å². The topological polar surface area (TPSA) is 46.1 Å². The highest BCUT2D eigenvalue weighted by molar-refractivity contribution is 5.98. The molecule has 2 aromatic rings. The normalized spacial score (nSPS) is 10.3. The maximum Gasteiger partial charge on any atom is 0.163 e. The van der Waals surface area contributed by atoms with Crippen LogP contribution >= 0.6 is 0 Å². The SMILES string of the molecule is CC(=O)c1cccnc1N(C)Cc1cccc(C)n1. The molecule has 0 unspecified atom stereocenters. The van der Waals surface area contributed by atoms with E-state index in [4.69, 9.17) is 0 Å². The molecule has 0 amide bonds. The van der Waals surface area contributed by atoms with Gasteiger partial charge in [0.05, 0.1) is 17.8 Å². The molecule has 0 saturated carbocycles. The van der Waals surface area contributed by atoms with Gasteiger partial charge < -0.3 is 4.90 Å². The Kier molecular flexibility index (Phi) is 3.90. The van der Waals surface area contributed by atoms with Crippen LogP contribution in [0.4, 0.5) is 5.82 Å². The Balaban J connectivity index is 2.25. The van der Waals surface area contributed by atoms with Gasteiger partial charge in [-0.3, -0.25) is 9.78 Å². The minimum Gasteiger partial charge on any atom is -0.353 e. The van der Waals surface area contributed by atoms with Crippen LogP contribution in [0.3, 0.4) is 0 Å². The molecule has 0 atom stereocenters. The zero-order valence-electron chi connectivity index (χ0n) is 11.4. The Bertz CT molecular complexity index is 595. The van der Waals surface area contributed by atoms with Gasteiger partial charge in [0.1, 0.15) is 5.82 Å². The minimum absolute atomic E-state index is 0.0205. The molecule has 0 saturated heterocycles. The fourth-order valence-corrected chi connectivity index (χ4v) is 1.98. The summed E-state index contributed by atoms with van der Waals surface area (Å²) in [5.41, 5.74) is 2.58. The van der Waals surface area contributed by atoms with E-state index < -0.39 is 0 Å². The molecule has 0 aromatic carbocycles. The van der Waals surface area contributed by atoms with Gasteiger partial charge in [0, 0.05) is 18.9 Å². The molecule has 0 radical (unpaired) electrons. The van der Waals surface area contributed by atoms with Gasteiger partial charge in [-0.25, -0.2) is 4.98 Å². The van der Waals surface area contributed by atoms with E-state index >= 15 is 0 Å². The van der Waals surface area contributed by atoms with Crippen molar-refractivity contribution < 1.29 is 4.79 Å². The van der Waals surface area contributed by atoms with E-state index in [1.807, 2.05) is 37.1 Å². The molecular formula is C15H17N3O. The van der Waals surface area contributed by atoms with E-state index in [1.165, 1.54) is 0 Å². The fourth-order valence-electron chi connectivity index (χ4n) is 1.98. The van der Waals surface area contributed by atoms with Gasteiger partial charge >= 0.3 is 0 Å². The summed E-state index contributed by atoms with van der Waals surface area (Å²) in [6.45, 7) is 4.14. The van der Waals surface area contributed by atoms with Crippen molar-refractivity contribution in [2.24, 2.45) is 0 Å². The molecule has 0 N–H and O–H groups in total. The second-order valence-corrected chi connectivity index (χ2v) is 4.56. The number of nitrogens with zero attached hydrogens (tertiary/aromatic N) is 3. The predicted molar refractivity (Wildman–Crippen MR) is 75.3 cm³/mol. The molecule has 2 aromatic heterocycles. The molecule has 0 bridgehead atoms. The smallest absolute Gasteiger partial charge is 0.163 e. The maximum absolute atomic E-state index is 11.6. The standard InChI is InChI=1S/C15H17N3O/c1-11-6-4-7-13(17-11)10-18(3)15-14(12(2)19)8-5-9-16-15/h4-9H,10H2,1-3H3. The first kappa shape index (κ1) is 13.2. The summed E-state index contributed by atoms with van der Waals surface area (Å²) in [5.74, 6) is 0.713. The lowest BCUT2D eigenvalue weighted by molar-refractivity contribution is 0.101. The summed E-state index contributed by atoms with van der Waals surface area (Å²) < 4.78 is 0. The lowest BCUT2D eigenvalue weighted by Gasteiger charge is -2.20. The number of carbonyl (C=O) groups is 1. The van der Waals surface area contributed by atoms with Crippen LogP contribution in [0.15, 0.2) is 36.5 Å². The number of rotatable bonds is 4. The third kappa shape index (κ3) is 3.16. The number of aromatic nitrogens is 2. The number of hydrogen-bond acceptors (Lipinski definition) is 4. The Hall–Kier alpha value is -2.23. The van der Waals surface area contributed by atoms with Gasteiger partial charge in [-0.15, -0.1) is 0 Å². The average Bonchev–Trinajstić information content (AvgIpc) is 2.38. The Morgan fingerprint density at radius 3 is 2.74 bits per heavy atom.